The average Bonchev–Trinajstić information content (AvgIpc) is 2.73. The number of carbonyl (C=O) groups excluding carboxylic acids is 2. The first kappa shape index (κ1) is 22.9. The monoisotopic (exact) mass is 416 g/mol. The van der Waals surface area contributed by atoms with Gasteiger partial charge in [-0.15, -0.1) is 11.8 Å². The van der Waals surface area contributed by atoms with Gasteiger partial charge >= 0.3 is 0 Å². The highest BCUT2D eigenvalue weighted by atomic mass is 32.2. The summed E-state index contributed by atoms with van der Waals surface area (Å²) in [6, 6.07) is 15.4. The Labute approximate surface area is 176 Å². The highest BCUT2D eigenvalue weighted by molar-refractivity contribution is 7.99. The summed E-state index contributed by atoms with van der Waals surface area (Å²) in [5, 5.41) is 2.90. The summed E-state index contributed by atoms with van der Waals surface area (Å²) >= 11 is 1.52. The molecular formula is C23H29FN2O2S. The Kier molecular flexibility index (Phi) is 9.71. The average molecular weight is 417 g/mol. The molecule has 0 fully saturated rings. The summed E-state index contributed by atoms with van der Waals surface area (Å²) in [5.74, 6) is 0.419. The lowest BCUT2D eigenvalue weighted by Crippen LogP contribution is -2.48. The molecule has 4 nitrogen and oxygen atoms in total. The number of hydrogen-bond acceptors (Lipinski definition) is 3. The Morgan fingerprint density at radius 3 is 2.41 bits per heavy atom. The van der Waals surface area contributed by atoms with Gasteiger partial charge in [0.15, 0.2) is 0 Å². The highest BCUT2D eigenvalue weighted by Crippen LogP contribution is 2.16. The van der Waals surface area contributed by atoms with Gasteiger partial charge in [-0.2, -0.15) is 0 Å². The van der Waals surface area contributed by atoms with Crippen molar-refractivity contribution in [2.75, 3.05) is 12.3 Å². The van der Waals surface area contributed by atoms with Crippen molar-refractivity contribution in [3.63, 3.8) is 0 Å². The molecule has 6 heteroatoms. The van der Waals surface area contributed by atoms with Crippen molar-refractivity contribution in [1.29, 1.82) is 0 Å². The van der Waals surface area contributed by atoms with Gasteiger partial charge < -0.3 is 10.2 Å². The third kappa shape index (κ3) is 7.89. The molecule has 1 N–H and O–H groups in total. The van der Waals surface area contributed by atoms with E-state index in [-0.39, 0.29) is 29.9 Å². The lowest BCUT2D eigenvalue weighted by atomic mass is 10.1. The number of rotatable bonds is 11. The zero-order chi connectivity index (χ0) is 21.1. The molecule has 0 aliphatic carbocycles. The lowest BCUT2D eigenvalue weighted by molar-refractivity contribution is -0.138. The molecule has 0 saturated carbocycles. The summed E-state index contributed by atoms with van der Waals surface area (Å²) in [6.45, 7) is 4.67. The molecule has 0 saturated heterocycles. The van der Waals surface area contributed by atoms with E-state index in [1.807, 2.05) is 30.3 Å². The number of unbranched alkanes of at least 4 members (excludes halogenated alkanes) is 1. The Morgan fingerprint density at radius 2 is 1.76 bits per heavy atom. The van der Waals surface area contributed by atoms with Crippen LogP contribution in [0.5, 0.6) is 0 Å². The molecule has 0 heterocycles. The number of halogens is 1. The third-order valence-electron chi connectivity index (χ3n) is 4.60. The molecule has 0 aliphatic heterocycles. The molecule has 0 radical (unpaired) electrons. The smallest absolute Gasteiger partial charge is 0.242 e. The fourth-order valence-electron chi connectivity index (χ4n) is 2.82. The number of carbonyl (C=O) groups is 2. The van der Waals surface area contributed by atoms with Crippen molar-refractivity contribution in [1.82, 2.24) is 10.2 Å². The summed E-state index contributed by atoms with van der Waals surface area (Å²) < 4.78 is 13.2. The second-order valence-electron chi connectivity index (χ2n) is 6.95. The van der Waals surface area contributed by atoms with Crippen LogP contribution in [0.1, 0.15) is 37.8 Å². The van der Waals surface area contributed by atoms with Crippen molar-refractivity contribution < 1.29 is 14.0 Å². The molecule has 1 atom stereocenters. The third-order valence-corrected chi connectivity index (χ3v) is 5.59. The van der Waals surface area contributed by atoms with E-state index in [4.69, 9.17) is 0 Å². The van der Waals surface area contributed by atoms with Crippen LogP contribution in [0.3, 0.4) is 0 Å². The van der Waals surface area contributed by atoms with E-state index in [9.17, 15) is 14.0 Å². The molecule has 0 bridgehead atoms. The van der Waals surface area contributed by atoms with E-state index < -0.39 is 6.04 Å². The van der Waals surface area contributed by atoms with Crippen LogP contribution < -0.4 is 5.32 Å². The zero-order valence-electron chi connectivity index (χ0n) is 17.1. The van der Waals surface area contributed by atoms with E-state index in [1.54, 1.807) is 24.0 Å². The first-order chi connectivity index (χ1) is 14.0. The van der Waals surface area contributed by atoms with Crippen molar-refractivity contribution in [2.45, 2.75) is 45.0 Å². The summed E-state index contributed by atoms with van der Waals surface area (Å²) in [7, 11) is 0. The second kappa shape index (κ2) is 12.3. The molecule has 29 heavy (non-hydrogen) atoms. The van der Waals surface area contributed by atoms with Crippen LogP contribution in [-0.4, -0.2) is 35.1 Å². The van der Waals surface area contributed by atoms with E-state index in [1.165, 1.54) is 23.9 Å². The minimum absolute atomic E-state index is 0.103. The van der Waals surface area contributed by atoms with Crippen LogP contribution in [0.2, 0.25) is 0 Å². The van der Waals surface area contributed by atoms with Crippen LogP contribution in [0.25, 0.3) is 0 Å². The van der Waals surface area contributed by atoms with Crippen LogP contribution in [0.4, 0.5) is 4.39 Å². The number of nitrogens with one attached hydrogen (secondary N) is 1. The predicted octanol–water partition coefficient (Wildman–Crippen LogP) is 4.39. The number of amides is 2. The Balaban J connectivity index is 2.02. The molecular weight excluding hydrogens is 387 g/mol. The molecule has 2 rings (SSSR count). The Morgan fingerprint density at radius 1 is 1.07 bits per heavy atom. The Bertz CT molecular complexity index is 768. The van der Waals surface area contributed by atoms with Crippen LogP contribution >= 0.6 is 11.8 Å². The van der Waals surface area contributed by atoms with E-state index in [0.29, 0.717) is 6.54 Å². The molecule has 2 amide bonds. The van der Waals surface area contributed by atoms with Crippen molar-refractivity contribution >= 4 is 23.6 Å². The molecule has 0 aromatic heterocycles. The van der Waals surface area contributed by atoms with E-state index in [2.05, 4.69) is 12.2 Å². The molecule has 0 unspecified atom stereocenters. The fourth-order valence-corrected chi connectivity index (χ4v) is 3.69. The van der Waals surface area contributed by atoms with Crippen molar-refractivity contribution in [3.05, 3.63) is 71.5 Å². The summed E-state index contributed by atoms with van der Waals surface area (Å²) in [4.78, 5) is 27.0. The quantitative estimate of drug-likeness (QED) is 0.553. The van der Waals surface area contributed by atoms with Gasteiger partial charge in [-0.05, 0) is 36.6 Å². The maximum absolute atomic E-state index is 13.2. The normalized spacial score (nSPS) is 11.7. The van der Waals surface area contributed by atoms with Crippen LogP contribution in [-0.2, 0) is 21.9 Å². The molecule has 2 aromatic carbocycles. The molecule has 156 valence electrons. The van der Waals surface area contributed by atoms with Gasteiger partial charge in [0, 0.05) is 18.8 Å². The van der Waals surface area contributed by atoms with Gasteiger partial charge in [-0.1, -0.05) is 55.8 Å². The predicted molar refractivity (Wildman–Crippen MR) is 117 cm³/mol. The molecule has 2 aromatic rings. The van der Waals surface area contributed by atoms with Crippen molar-refractivity contribution in [3.8, 4) is 0 Å². The van der Waals surface area contributed by atoms with E-state index >= 15 is 0 Å². The van der Waals surface area contributed by atoms with Crippen LogP contribution in [0, 0.1) is 5.82 Å². The second-order valence-corrected chi connectivity index (χ2v) is 7.93. The van der Waals surface area contributed by atoms with E-state index in [0.717, 1.165) is 29.7 Å². The zero-order valence-corrected chi connectivity index (χ0v) is 17.9. The lowest BCUT2D eigenvalue weighted by Gasteiger charge is -2.28. The molecule has 0 spiro atoms. The minimum atomic E-state index is -0.596. The van der Waals surface area contributed by atoms with Gasteiger partial charge in [0.2, 0.25) is 11.8 Å². The van der Waals surface area contributed by atoms with Gasteiger partial charge in [-0.3, -0.25) is 9.59 Å². The van der Waals surface area contributed by atoms with Crippen LogP contribution in [0.15, 0.2) is 54.6 Å². The fraction of sp³-hybridized carbons (Fsp3) is 0.391. The SMILES string of the molecule is CCCCNC(=O)[C@H](C)N(Cc1ccc(F)cc1)C(=O)CSCc1ccccc1. The topological polar surface area (TPSA) is 49.4 Å². The number of thioether (sulfide) groups is 1. The number of benzene rings is 2. The number of nitrogens with zero attached hydrogens (tertiary/aromatic N) is 1. The number of hydrogen-bond donors (Lipinski definition) is 1. The van der Waals surface area contributed by atoms with Crippen molar-refractivity contribution in [2.24, 2.45) is 0 Å². The summed E-state index contributed by atoms with van der Waals surface area (Å²) in [5.41, 5.74) is 1.95. The van der Waals surface area contributed by atoms with Gasteiger partial charge in [0.05, 0.1) is 5.75 Å². The first-order valence-corrected chi connectivity index (χ1v) is 11.1. The van der Waals surface area contributed by atoms with Gasteiger partial charge in [0.25, 0.3) is 0 Å². The largest absolute Gasteiger partial charge is 0.354 e. The standard InChI is InChI=1S/C23H29FN2O2S/c1-3-4-14-25-23(28)18(2)26(15-19-10-12-21(24)13-11-19)22(27)17-29-16-20-8-6-5-7-9-20/h5-13,18H,3-4,14-17H2,1-2H3,(H,25,28)/t18-/m0/s1. The first-order valence-electron chi connectivity index (χ1n) is 9.94. The maximum atomic E-state index is 13.2. The van der Waals surface area contributed by atoms with Gasteiger partial charge in [-0.25, -0.2) is 4.39 Å². The highest BCUT2D eigenvalue weighted by Gasteiger charge is 2.25. The van der Waals surface area contributed by atoms with Gasteiger partial charge in [0.1, 0.15) is 11.9 Å². The minimum Gasteiger partial charge on any atom is -0.354 e. The maximum Gasteiger partial charge on any atom is 0.242 e. The summed E-state index contributed by atoms with van der Waals surface area (Å²) in [6.07, 6.45) is 1.89. The Hall–Kier alpha value is -2.34. The molecule has 0 aliphatic rings.